The fourth-order valence-corrected chi connectivity index (χ4v) is 5.15. The van der Waals surface area contributed by atoms with Gasteiger partial charge in [0.15, 0.2) is 0 Å². The lowest BCUT2D eigenvalue weighted by molar-refractivity contribution is -0.131. The predicted molar refractivity (Wildman–Crippen MR) is 135 cm³/mol. The summed E-state index contributed by atoms with van der Waals surface area (Å²) in [6.45, 7) is 4.41. The molecule has 34 heavy (non-hydrogen) atoms. The van der Waals surface area contributed by atoms with Crippen molar-refractivity contribution < 1.29 is 4.79 Å². The number of benzene rings is 1. The molecule has 1 amide bonds. The predicted octanol–water partition coefficient (Wildman–Crippen LogP) is 3.90. The Hall–Kier alpha value is -2.67. The van der Waals surface area contributed by atoms with Crippen molar-refractivity contribution >= 4 is 28.5 Å². The molecule has 182 valence electrons. The second kappa shape index (κ2) is 11.2. The van der Waals surface area contributed by atoms with Crippen molar-refractivity contribution in [2.24, 2.45) is 10.9 Å². The lowest BCUT2D eigenvalue weighted by Gasteiger charge is -2.17. The van der Waals surface area contributed by atoms with Gasteiger partial charge in [0.25, 0.3) is 5.56 Å². The molecule has 3 heterocycles. The smallest absolute Gasteiger partial charge is 0.332 e. The molecule has 2 aliphatic heterocycles. The molecule has 0 radical (unpaired) electrons. The molecule has 4 rings (SSSR count). The van der Waals surface area contributed by atoms with Gasteiger partial charge in [-0.2, -0.15) is 0 Å². The molecule has 1 aromatic carbocycles. The van der Waals surface area contributed by atoms with Crippen LogP contribution in [0.4, 0.5) is 5.82 Å². The van der Waals surface area contributed by atoms with Crippen molar-refractivity contribution in [3.8, 4) is 0 Å². The summed E-state index contributed by atoms with van der Waals surface area (Å²) < 4.78 is 2.94. The van der Waals surface area contributed by atoms with E-state index >= 15 is 0 Å². The van der Waals surface area contributed by atoms with E-state index < -0.39 is 0 Å². The lowest BCUT2D eigenvalue weighted by Crippen LogP contribution is -2.41. The van der Waals surface area contributed by atoms with E-state index in [9.17, 15) is 14.4 Å². The van der Waals surface area contributed by atoms with Crippen LogP contribution in [0, 0.1) is 5.92 Å². The number of hydrogen-bond acceptors (Lipinski definition) is 4. The maximum atomic E-state index is 13.1. The van der Waals surface area contributed by atoms with Crippen molar-refractivity contribution in [2.75, 3.05) is 13.1 Å². The van der Waals surface area contributed by atoms with E-state index in [0.29, 0.717) is 42.6 Å². The average Bonchev–Trinajstić information content (AvgIpc) is 3.39. The number of likely N-dealkylation sites (tertiary alicyclic amines) is 1. The number of amides is 1. The Bertz CT molecular complexity index is 1170. The highest BCUT2D eigenvalue weighted by molar-refractivity contribution is 6.66. The monoisotopic (exact) mass is 484 g/mol. The standard InChI is InChI=1S/C26H33ClN4O3/c1-2-3-7-14-30-23-21(18-22(27)28-23)25(33)31(26(30)34)15-9-8-13-29-16-12-20(24(29)32)17-19-10-5-4-6-11-19/h4-6,10-11,20H,2-3,7-9,12-18H2,1H3. The van der Waals surface area contributed by atoms with Crippen LogP contribution in [0.3, 0.4) is 0 Å². The molecule has 0 aliphatic carbocycles. The first-order valence-electron chi connectivity index (χ1n) is 12.4. The highest BCUT2D eigenvalue weighted by atomic mass is 35.5. The highest BCUT2D eigenvalue weighted by Crippen LogP contribution is 2.25. The van der Waals surface area contributed by atoms with Crippen molar-refractivity contribution in [2.45, 2.75) is 71.4 Å². The maximum absolute atomic E-state index is 13.1. The quantitative estimate of drug-likeness (QED) is 0.454. The third-order valence-corrected chi connectivity index (χ3v) is 7.04. The van der Waals surface area contributed by atoms with Crippen LogP contribution in [0.25, 0.3) is 0 Å². The van der Waals surface area contributed by atoms with Gasteiger partial charge in [-0.05, 0) is 37.7 Å². The van der Waals surface area contributed by atoms with E-state index in [0.717, 1.165) is 45.1 Å². The number of carbonyl (C=O) groups excluding carboxylic acids is 1. The fourth-order valence-electron chi connectivity index (χ4n) is 4.93. The molecule has 1 atom stereocenters. The van der Waals surface area contributed by atoms with E-state index in [1.165, 1.54) is 10.1 Å². The van der Waals surface area contributed by atoms with E-state index in [2.05, 4.69) is 24.0 Å². The van der Waals surface area contributed by atoms with Gasteiger partial charge in [0.1, 0.15) is 11.0 Å². The molecule has 0 bridgehead atoms. The van der Waals surface area contributed by atoms with Crippen LogP contribution in [0.15, 0.2) is 44.9 Å². The summed E-state index contributed by atoms with van der Waals surface area (Å²) in [6, 6.07) is 10.1. The SMILES string of the molecule is CCCCCn1c2c(c(=O)n(CCCCN3CCC(Cc4ccccc4)C3=O)c1=O)CC(Cl)=N2. The van der Waals surface area contributed by atoms with Crippen molar-refractivity contribution in [3.05, 3.63) is 62.3 Å². The summed E-state index contributed by atoms with van der Waals surface area (Å²) in [5.41, 5.74) is 1.11. The molecule has 7 nitrogen and oxygen atoms in total. The molecular formula is C26H33ClN4O3. The molecular weight excluding hydrogens is 452 g/mol. The maximum Gasteiger partial charge on any atom is 0.332 e. The largest absolute Gasteiger partial charge is 0.342 e. The third-order valence-electron chi connectivity index (χ3n) is 6.82. The van der Waals surface area contributed by atoms with Crippen molar-refractivity contribution in [3.63, 3.8) is 0 Å². The number of nitrogens with zero attached hydrogens (tertiary/aromatic N) is 4. The van der Waals surface area contributed by atoms with Crippen LogP contribution < -0.4 is 11.2 Å². The first kappa shape index (κ1) is 24.5. The normalized spacial score (nSPS) is 17.4. The van der Waals surface area contributed by atoms with Crippen LogP contribution in [0.1, 0.15) is 56.6 Å². The van der Waals surface area contributed by atoms with Crippen LogP contribution in [-0.2, 0) is 30.7 Å². The second-order valence-corrected chi connectivity index (χ2v) is 9.71. The Kier molecular flexibility index (Phi) is 8.03. The zero-order chi connectivity index (χ0) is 24.1. The van der Waals surface area contributed by atoms with E-state index in [1.807, 2.05) is 23.1 Å². The number of fused-ring (bicyclic) bond motifs is 1. The summed E-state index contributed by atoms with van der Waals surface area (Å²) in [6.07, 6.45) is 6.26. The van der Waals surface area contributed by atoms with Crippen LogP contribution in [0.5, 0.6) is 0 Å². The van der Waals surface area contributed by atoms with Crippen LogP contribution >= 0.6 is 11.6 Å². The molecule has 2 aromatic rings. The molecule has 2 aliphatic rings. The van der Waals surface area contributed by atoms with Crippen molar-refractivity contribution in [1.29, 1.82) is 0 Å². The van der Waals surface area contributed by atoms with Gasteiger partial charge in [0, 0.05) is 38.5 Å². The first-order valence-corrected chi connectivity index (χ1v) is 12.8. The molecule has 1 saturated heterocycles. The number of halogens is 1. The number of aliphatic imine (C=N–C) groups is 1. The van der Waals surface area contributed by atoms with E-state index in [4.69, 9.17) is 11.6 Å². The topological polar surface area (TPSA) is 76.7 Å². The first-order chi connectivity index (χ1) is 16.5. The number of hydrogen-bond donors (Lipinski definition) is 0. The van der Waals surface area contributed by atoms with Crippen molar-refractivity contribution in [1.82, 2.24) is 14.0 Å². The molecule has 0 saturated carbocycles. The number of carbonyl (C=O) groups is 1. The average molecular weight is 485 g/mol. The van der Waals surface area contributed by atoms with Gasteiger partial charge in [0.2, 0.25) is 5.91 Å². The molecule has 8 heteroatoms. The summed E-state index contributed by atoms with van der Waals surface area (Å²) in [7, 11) is 0. The number of aromatic nitrogens is 2. The zero-order valence-corrected chi connectivity index (χ0v) is 20.6. The molecule has 1 fully saturated rings. The summed E-state index contributed by atoms with van der Waals surface area (Å²) >= 11 is 6.11. The lowest BCUT2D eigenvalue weighted by atomic mass is 9.98. The van der Waals surface area contributed by atoms with Gasteiger partial charge >= 0.3 is 5.69 Å². The van der Waals surface area contributed by atoms with Gasteiger partial charge in [0.05, 0.1) is 5.56 Å². The minimum absolute atomic E-state index is 0.0433. The Labute approximate surface area is 205 Å². The molecule has 0 N–H and O–H groups in total. The third kappa shape index (κ3) is 5.35. The van der Waals surface area contributed by atoms with Gasteiger partial charge in [-0.1, -0.05) is 61.7 Å². The van der Waals surface area contributed by atoms with E-state index in [1.54, 1.807) is 4.57 Å². The number of rotatable bonds is 11. The minimum atomic E-state index is -0.310. The highest BCUT2D eigenvalue weighted by Gasteiger charge is 2.31. The van der Waals surface area contributed by atoms with Gasteiger partial charge in [-0.25, -0.2) is 9.79 Å². The summed E-state index contributed by atoms with van der Waals surface area (Å²) in [4.78, 5) is 45.1. The Balaban J connectivity index is 1.36. The fraction of sp³-hybridized carbons (Fsp3) is 0.538. The molecule has 0 spiro atoms. The van der Waals surface area contributed by atoms with Gasteiger partial charge in [-0.3, -0.25) is 18.7 Å². The number of unbranched alkanes of at least 4 members (excludes halogenated alkanes) is 3. The summed E-state index contributed by atoms with van der Waals surface area (Å²) in [5.74, 6) is 0.685. The van der Waals surface area contributed by atoms with E-state index in [-0.39, 0.29) is 29.5 Å². The summed E-state index contributed by atoms with van der Waals surface area (Å²) in [5, 5.41) is 0.353. The van der Waals surface area contributed by atoms with Gasteiger partial charge < -0.3 is 4.90 Å². The molecule has 1 unspecified atom stereocenters. The van der Waals surface area contributed by atoms with Gasteiger partial charge in [-0.15, -0.1) is 0 Å². The Morgan fingerprint density at radius 2 is 1.68 bits per heavy atom. The molecule has 1 aromatic heterocycles. The minimum Gasteiger partial charge on any atom is -0.342 e. The zero-order valence-electron chi connectivity index (χ0n) is 19.8. The van der Waals surface area contributed by atoms with Crippen LogP contribution in [-0.4, -0.2) is 38.2 Å². The Morgan fingerprint density at radius 1 is 0.971 bits per heavy atom. The second-order valence-electron chi connectivity index (χ2n) is 9.27. The van der Waals surface area contributed by atoms with Crippen LogP contribution in [0.2, 0.25) is 0 Å². The Morgan fingerprint density at radius 3 is 2.44 bits per heavy atom.